The zero-order valence-electron chi connectivity index (χ0n) is 27.8. The summed E-state index contributed by atoms with van der Waals surface area (Å²) in [5.41, 5.74) is 0.167. The van der Waals surface area contributed by atoms with Crippen LogP contribution in [0.2, 0.25) is 0 Å². The van der Waals surface area contributed by atoms with E-state index in [1.165, 1.54) is 59.5 Å². The molecule has 16 nitrogen and oxygen atoms in total. The Morgan fingerprint density at radius 2 is 1.14 bits per heavy atom. The largest absolute Gasteiger partial charge is 0.504 e. The number of carbonyl (C=O) groups is 3. The second kappa shape index (κ2) is 15.6. The zero-order valence-corrected chi connectivity index (χ0v) is 27.8. The Labute approximate surface area is 292 Å². The molecule has 0 bridgehead atoms. The normalized spacial score (nSPS) is 19.3. The number of hydrogen-bond acceptors (Lipinski definition) is 13. The van der Waals surface area contributed by atoms with Crippen LogP contribution < -0.4 is 10.6 Å². The summed E-state index contributed by atoms with van der Waals surface area (Å²) in [5, 5.41) is 65.4. The Bertz CT molecular complexity index is 1860. The molecule has 0 aromatic heterocycles. The van der Waals surface area contributed by atoms with Gasteiger partial charge in [-0.15, -0.1) is 0 Å². The maximum atomic E-state index is 13.8. The highest BCUT2D eigenvalue weighted by molar-refractivity contribution is 6.02. The number of nitrogens with zero attached hydrogens (tertiary/aromatic N) is 3. The van der Waals surface area contributed by atoms with Gasteiger partial charge in [0, 0.05) is 26.2 Å². The number of para-hydroxylation sites is 3. The lowest BCUT2D eigenvalue weighted by Gasteiger charge is -2.26. The average Bonchev–Trinajstić information content (AvgIpc) is 3.69. The van der Waals surface area contributed by atoms with Crippen LogP contribution >= 0.6 is 0 Å². The number of benzene rings is 3. The fourth-order valence-electron chi connectivity index (χ4n) is 5.59. The third-order valence-corrected chi connectivity index (χ3v) is 8.37. The summed E-state index contributed by atoms with van der Waals surface area (Å²) >= 11 is 0. The van der Waals surface area contributed by atoms with Gasteiger partial charge in [-0.2, -0.15) is 0 Å². The Kier molecular flexibility index (Phi) is 11.0. The number of phenols is 6. The van der Waals surface area contributed by atoms with Crippen molar-refractivity contribution in [3.05, 3.63) is 71.3 Å². The van der Waals surface area contributed by atoms with Gasteiger partial charge >= 0.3 is 0 Å². The van der Waals surface area contributed by atoms with E-state index >= 15 is 0 Å². The quantitative estimate of drug-likeness (QED) is 0.0942. The molecule has 8 N–H and O–H groups in total. The highest BCUT2D eigenvalue weighted by Crippen LogP contribution is 2.33. The molecule has 0 saturated heterocycles. The summed E-state index contributed by atoms with van der Waals surface area (Å²) < 4.78 is 11.5. The first-order chi connectivity index (χ1) is 24.4. The molecule has 51 heavy (non-hydrogen) atoms. The molecule has 4 atom stereocenters. The van der Waals surface area contributed by atoms with E-state index < -0.39 is 65.0 Å². The molecule has 0 fully saturated rings. The van der Waals surface area contributed by atoms with Crippen molar-refractivity contribution in [2.45, 2.75) is 51.0 Å². The Morgan fingerprint density at radius 1 is 0.667 bits per heavy atom. The molecule has 3 aromatic carbocycles. The number of nitrogens with one attached hydrogen (secondary N) is 2. The van der Waals surface area contributed by atoms with Crippen molar-refractivity contribution in [1.29, 1.82) is 0 Å². The molecule has 0 radical (unpaired) electrons. The SMILES string of the molecule is CC1OC(c2cccc(O)c2O)=NC1C(=O)NCCCN(CCCNC(=O)c1cccc(O)c1O)C(=O)[C@H]1N=C(c2cccc(O)c2O)O[C@@H]1C. The van der Waals surface area contributed by atoms with Gasteiger partial charge in [0.1, 0.15) is 12.2 Å². The van der Waals surface area contributed by atoms with Crippen molar-refractivity contribution in [3.8, 4) is 34.5 Å². The summed E-state index contributed by atoms with van der Waals surface area (Å²) in [6, 6.07) is 10.7. The highest BCUT2D eigenvalue weighted by atomic mass is 16.5. The molecule has 3 aromatic rings. The van der Waals surface area contributed by atoms with Gasteiger partial charge in [-0.05, 0) is 63.1 Å². The second-order valence-corrected chi connectivity index (χ2v) is 12.0. The fourth-order valence-corrected chi connectivity index (χ4v) is 5.59. The van der Waals surface area contributed by atoms with Crippen LogP contribution in [-0.4, -0.2) is 116 Å². The monoisotopic (exact) mass is 705 g/mol. The average molecular weight is 706 g/mol. The number of aliphatic imine (C=N–C) groups is 2. The van der Waals surface area contributed by atoms with Crippen LogP contribution in [0.5, 0.6) is 34.5 Å². The number of phenolic OH excluding ortho intramolecular Hbond substituents is 6. The number of rotatable bonds is 13. The minimum atomic E-state index is -0.992. The van der Waals surface area contributed by atoms with Gasteiger partial charge in [0.25, 0.3) is 11.8 Å². The number of ether oxygens (including phenoxy) is 2. The van der Waals surface area contributed by atoms with Crippen molar-refractivity contribution < 1.29 is 54.5 Å². The maximum absolute atomic E-state index is 13.8. The van der Waals surface area contributed by atoms with Crippen LogP contribution in [-0.2, 0) is 19.1 Å². The van der Waals surface area contributed by atoms with Gasteiger partial charge in [0.15, 0.2) is 46.6 Å². The molecular weight excluding hydrogens is 666 g/mol. The lowest BCUT2D eigenvalue weighted by molar-refractivity contribution is -0.134. The van der Waals surface area contributed by atoms with Crippen molar-refractivity contribution in [1.82, 2.24) is 15.5 Å². The first-order valence-electron chi connectivity index (χ1n) is 16.2. The van der Waals surface area contributed by atoms with Crippen molar-refractivity contribution in [3.63, 3.8) is 0 Å². The summed E-state index contributed by atoms with van der Waals surface area (Å²) in [6.07, 6.45) is -0.755. The topological polar surface area (TPSA) is 243 Å². The van der Waals surface area contributed by atoms with Gasteiger partial charge in [-0.3, -0.25) is 14.4 Å². The van der Waals surface area contributed by atoms with E-state index in [1.54, 1.807) is 13.8 Å². The third kappa shape index (κ3) is 8.01. The fraction of sp³-hybridized carbons (Fsp3) is 0.343. The molecule has 0 aliphatic carbocycles. The first kappa shape index (κ1) is 36.1. The van der Waals surface area contributed by atoms with E-state index in [0.29, 0.717) is 12.8 Å². The van der Waals surface area contributed by atoms with Crippen molar-refractivity contribution in [2.75, 3.05) is 26.2 Å². The molecule has 2 unspecified atom stereocenters. The molecule has 16 heteroatoms. The summed E-state index contributed by atoms with van der Waals surface area (Å²) in [5.74, 6) is -4.00. The first-order valence-corrected chi connectivity index (χ1v) is 16.2. The zero-order chi connectivity index (χ0) is 36.8. The van der Waals surface area contributed by atoms with E-state index in [1.807, 2.05) is 0 Å². The maximum Gasteiger partial charge on any atom is 0.255 e. The van der Waals surface area contributed by atoms with Gasteiger partial charge < -0.3 is 55.6 Å². The van der Waals surface area contributed by atoms with Crippen LogP contribution in [0, 0.1) is 0 Å². The standard InChI is InChI=1S/C35H39N5O11/c1-18-26(38-33(50-18)21-9-4-12-24(42)29(21)45)32(48)37-15-7-17-40(16-6-14-36-31(47)20-8-3-11-23(41)28(20)44)35(49)27-19(2)51-34(39-27)22-10-5-13-25(43)30(22)46/h3-5,8-13,18-19,26-27,41-46H,6-7,14-17H2,1-2H3,(H,36,47)(H,37,48)/t18?,19-,26?,27+/m1/s1. The molecule has 3 amide bonds. The van der Waals surface area contributed by atoms with Gasteiger partial charge in [0.2, 0.25) is 17.7 Å². The lowest BCUT2D eigenvalue weighted by Crippen LogP contribution is -2.44. The molecule has 270 valence electrons. The van der Waals surface area contributed by atoms with E-state index in [2.05, 4.69) is 20.6 Å². The Hall–Kier alpha value is -6.19. The molecule has 0 saturated carbocycles. The van der Waals surface area contributed by atoms with Crippen LogP contribution in [0.4, 0.5) is 0 Å². The number of aromatic hydroxyl groups is 6. The minimum absolute atomic E-state index is 0.00786. The summed E-state index contributed by atoms with van der Waals surface area (Å²) in [7, 11) is 0. The summed E-state index contributed by atoms with van der Waals surface area (Å²) in [6.45, 7) is 3.91. The molecule has 2 aliphatic heterocycles. The van der Waals surface area contributed by atoms with E-state index in [4.69, 9.17) is 9.47 Å². The number of carbonyl (C=O) groups excluding carboxylic acids is 3. The predicted octanol–water partition coefficient (Wildman–Crippen LogP) is 1.84. The van der Waals surface area contributed by atoms with Crippen LogP contribution in [0.15, 0.2) is 64.6 Å². The van der Waals surface area contributed by atoms with Crippen molar-refractivity contribution in [2.24, 2.45) is 9.98 Å². The molecule has 2 heterocycles. The lowest BCUT2D eigenvalue weighted by atomic mass is 10.1. The Morgan fingerprint density at radius 3 is 1.71 bits per heavy atom. The second-order valence-electron chi connectivity index (χ2n) is 12.0. The summed E-state index contributed by atoms with van der Waals surface area (Å²) in [4.78, 5) is 49.7. The van der Waals surface area contributed by atoms with Crippen LogP contribution in [0.3, 0.4) is 0 Å². The predicted molar refractivity (Wildman–Crippen MR) is 182 cm³/mol. The van der Waals surface area contributed by atoms with Gasteiger partial charge in [-0.1, -0.05) is 18.2 Å². The van der Waals surface area contributed by atoms with Crippen LogP contribution in [0.1, 0.15) is 48.2 Å². The van der Waals surface area contributed by atoms with E-state index in [9.17, 15) is 45.0 Å². The smallest absolute Gasteiger partial charge is 0.255 e. The molecule has 2 aliphatic rings. The number of hydrogen-bond donors (Lipinski definition) is 8. The van der Waals surface area contributed by atoms with Gasteiger partial charge in [-0.25, -0.2) is 9.98 Å². The van der Waals surface area contributed by atoms with Crippen LogP contribution in [0.25, 0.3) is 0 Å². The highest BCUT2D eigenvalue weighted by Gasteiger charge is 2.38. The third-order valence-electron chi connectivity index (χ3n) is 8.37. The minimum Gasteiger partial charge on any atom is -0.504 e. The van der Waals surface area contributed by atoms with E-state index in [-0.39, 0.29) is 66.2 Å². The molecular formula is C35H39N5O11. The number of amides is 3. The molecule has 5 rings (SSSR count). The van der Waals surface area contributed by atoms with Gasteiger partial charge in [0.05, 0.1) is 16.7 Å². The Balaban J connectivity index is 1.22. The van der Waals surface area contributed by atoms with E-state index in [0.717, 1.165) is 0 Å². The molecule has 0 spiro atoms. The van der Waals surface area contributed by atoms with Crippen molar-refractivity contribution >= 4 is 29.5 Å².